The summed E-state index contributed by atoms with van der Waals surface area (Å²) in [5.41, 5.74) is 8.05. The first-order chi connectivity index (χ1) is 7.54. The summed E-state index contributed by atoms with van der Waals surface area (Å²) in [6.07, 6.45) is 0.764. The Balaban J connectivity index is 2.82. The molecule has 0 aliphatic carbocycles. The molecule has 0 spiro atoms. The Morgan fingerprint density at radius 1 is 1.38 bits per heavy atom. The van der Waals surface area contributed by atoms with Crippen molar-refractivity contribution in [3.63, 3.8) is 0 Å². The van der Waals surface area contributed by atoms with Gasteiger partial charge in [-0.1, -0.05) is 12.1 Å². The van der Waals surface area contributed by atoms with Gasteiger partial charge in [-0.3, -0.25) is 0 Å². The van der Waals surface area contributed by atoms with Crippen molar-refractivity contribution >= 4 is 0 Å². The molecule has 0 bridgehead atoms. The van der Waals surface area contributed by atoms with Crippen molar-refractivity contribution in [2.24, 2.45) is 5.73 Å². The number of ether oxygens (including phenoxy) is 1. The Hall–Kier alpha value is -1.06. The second-order valence-corrected chi connectivity index (χ2v) is 4.31. The molecule has 0 saturated carbocycles. The molecule has 0 aromatic heterocycles. The van der Waals surface area contributed by atoms with Gasteiger partial charge in [0, 0.05) is 12.6 Å². The van der Waals surface area contributed by atoms with Crippen molar-refractivity contribution in [3.8, 4) is 5.75 Å². The summed E-state index contributed by atoms with van der Waals surface area (Å²) < 4.78 is 5.65. The number of aliphatic hydroxyl groups excluding tert-OH is 1. The Morgan fingerprint density at radius 2 is 2.06 bits per heavy atom. The van der Waals surface area contributed by atoms with Crippen LogP contribution < -0.4 is 10.5 Å². The van der Waals surface area contributed by atoms with Gasteiger partial charge in [-0.2, -0.15) is 0 Å². The lowest BCUT2D eigenvalue weighted by atomic mass is 10.0. The maximum absolute atomic E-state index is 8.84. The molecule has 16 heavy (non-hydrogen) atoms. The average molecular weight is 223 g/mol. The van der Waals surface area contributed by atoms with Gasteiger partial charge < -0.3 is 15.6 Å². The van der Waals surface area contributed by atoms with E-state index < -0.39 is 0 Å². The molecule has 3 heteroatoms. The third-order valence-corrected chi connectivity index (χ3v) is 2.43. The van der Waals surface area contributed by atoms with Crippen LogP contribution in [0.5, 0.6) is 5.75 Å². The van der Waals surface area contributed by atoms with E-state index in [-0.39, 0.29) is 18.8 Å². The average Bonchev–Trinajstić information content (AvgIpc) is 2.20. The molecule has 1 unspecified atom stereocenters. The van der Waals surface area contributed by atoms with Gasteiger partial charge in [0.15, 0.2) is 0 Å². The van der Waals surface area contributed by atoms with Gasteiger partial charge in [0.1, 0.15) is 5.75 Å². The summed E-state index contributed by atoms with van der Waals surface area (Å²) in [5.74, 6) is 0.898. The van der Waals surface area contributed by atoms with Crippen LogP contribution in [0.2, 0.25) is 0 Å². The molecule has 0 heterocycles. The second-order valence-electron chi connectivity index (χ2n) is 4.31. The van der Waals surface area contributed by atoms with Crippen molar-refractivity contribution in [3.05, 3.63) is 29.3 Å². The fourth-order valence-electron chi connectivity index (χ4n) is 1.60. The van der Waals surface area contributed by atoms with Crippen LogP contribution in [-0.4, -0.2) is 17.8 Å². The molecule has 1 aromatic rings. The first kappa shape index (κ1) is 13.0. The van der Waals surface area contributed by atoms with Gasteiger partial charge in [0.25, 0.3) is 0 Å². The number of aryl methyl sites for hydroxylation is 1. The maximum atomic E-state index is 8.84. The van der Waals surface area contributed by atoms with Gasteiger partial charge in [-0.15, -0.1) is 0 Å². The molecule has 0 radical (unpaired) electrons. The number of hydrogen-bond acceptors (Lipinski definition) is 3. The zero-order valence-electron chi connectivity index (χ0n) is 10.2. The molecule has 3 nitrogen and oxygen atoms in total. The first-order valence-electron chi connectivity index (χ1n) is 5.68. The molecule has 0 aliphatic heterocycles. The van der Waals surface area contributed by atoms with Crippen LogP contribution in [0.15, 0.2) is 18.2 Å². The second kappa shape index (κ2) is 5.87. The molecule has 0 amide bonds. The number of nitrogens with two attached hydrogens (primary N) is 1. The SMILES string of the molecule is Cc1cc(C(N)CCO)ccc1OC(C)C. The van der Waals surface area contributed by atoms with E-state index in [0.717, 1.165) is 16.9 Å². The monoisotopic (exact) mass is 223 g/mol. The van der Waals surface area contributed by atoms with Crippen LogP contribution >= 0.6 is 0 Å². The van der Waals surface area contributed by atoms with Gasteiger partial charge in [-0.05, 0) is 44.4 Å². The van der Waals surface area contributed by atoms with Crippen molar-refractivity contribution < 1.29 is 9.84 Å². The lowest BCUT2D eigenvalue weighted by Gasteiger charge is -2.15. The Morgan fingerprint density at radius 3 is 2.56 bits per heavy atom. The summed E-state index contributed by atoms with van der Waals surface area (Å²) in [6.45, 7) is 6.13. The van der Waals surface area contributed by atoms with Gasteiger partial charge >= 0.3 is 0 Å². The van der Waals surface area contributed by atoms with E-state index in [1.54, 1.807) is 0 Å². The molecule has 0 fully saturated rings. The molecular formula is C13H21NO2. The van der Waals surface area contributed by atoms with Crippen molar-refractivity contribution in [1.29, 1.82) is 0 Å². The summed E-state index contributed by atoms with van der Waals surface area (Å²) in [6, 6.07) is 5.84. The normalized spacial score (nSPS) is 12.9. The van der Waals surface area contributed by atoms with Crippen molar-refractivity contribution in [2.45, 2.75) is 39.3 Å². The lowest BCUT2D eigenvalue weighted by molar-refractivity contribution is 0.240. The fourth-order valence-corrected chi connectivity index (χ4v) is 1.60. The first-order valence-corrected chi connectivity index (χ1v) is 5.68. The Labute approximate surface area is 97.2 Å². The van der Waals surface area contributed by atoms with E-state index >= 15 is 0 Å². The van der Waals surface area contributed by atoms with Crippen LogP contribution in [0.1, 0.15) is 37.4 Å². The van der Waals surface area contributed by atoms with E-state index in [2.05, 4.69) is 0 Å². The predicted octanol–water partition coefficient (Wildman–Crippen LogP) is 2.16. The molecule has 90 valence electrons. The van der Waals surface area contributed by atoms with Crippen LogP contribution in [-0.2, 0) is 0 Å². The maximum Gasteiger partial charge on any atom is 0.122 e. The van der Waals surface area contributed by atoms with Crippen molar-refractivity contribution in [1.82, 2.24) is 0 Å². The molecule has 0 saturated heterocycles. The highest BCUT2D eigenvalue weighted by Crippen LogP contribution is 2.23. The number of aliphatic hydroxyl groups is 1. The lowest BCUT2D eigenvalue weighted by Crippen LogP contribution is -2.12. The molecule has 0 aliphatic rings. The van der Waals surface area contributed by atoms with E-state index in [1.807, 2.05) is 39.0 Å². The molecular weight excluding hydrogens is 202 g/mol. The third-order valence-electron chi connectivity index (χ3n) is 2.43. The fraction of sp³-hybridized carbons (Fsp3) is 0.538. The molecule has 3 N–H and O–H groups in total. The minimum atomic E-state index is -0.100. The largest absolute Gasteiger partial charge is 0.491 e. The summed E-state index contributed by atoms with van der Waals surface area (Å²) in [7, 11) is 0. The van der Waals surface area contributed by atoms with Gasteiger partial charge in [0.05, 0.1) is 6.10 Å². The van der Waals surface area contributed by atoms with Crippen LogP contribution in [0.25, 0.3) is 0 Å². The molecule has 1 atom stereocenters. The summed E-state index contributed by atoms with van der Waals surface area (Å²) >= 11 is 0. The quantitative estimate of drug-likeness (QED) is 0.804. The van der Waals surface area contributed by atoms with E-state index in [9.17, 15) is 0 Å². The smallest absolute Gasteiger partial charge is 0.122 e. The van der Waals surface area contributed by atoms with Crippen LogP contribution in [0, 0.1) is 6.92 Å². The topological polar surface area (TPSA) is 55.5 Å². The molecule has 1 rings (SSSR count). The Kier molecular flexibility index (Phi) is 4.77. The number of rotatable bonds is 5. The zero-order chi connectivity index (χ0) is 12.1. The predicted molar refractivity (Wildman–Crippen MR) is 65.6 cm³/mol. The minimum Gasteiger partial charge on any atom is -0.491 e. The summed E-state index contributed by atoms with van der Waals surface area (Å²) in [5, 5.41) is 8.84. The highest BCUT2D eigenvalue weighted by atomic mass is 16.5. The molecule has 1 aromatic carbocycles. The van der Waals surface area contributed by atoms with Crippen molar-refractivity contribution in [2.75, 3.05) is 6.61 Å². The Bertz CT molecular complexity index is 337. The standard InChI is InChI=1S/C13H21NO2/c1-9(2)16-13-5-4-11(8-10(13)3)12(14)6-7-15/h4-5,8-9,12,15H,6-7,14H2,1-3H3. The van der Waals surface area contributed by atoms with Gasteiger partial charge in [0.2, 0.25) is 0 Å². The number of benzene rings is 1. The van der Waals surface area contributed by atoms with Crippen LogP contribution in [0.4, 0.5) is 0 Å². The highest BCUT2D eigenvalue weighted by Gasteiger charge is 2.08. The van der Waals surface area contributed by atoms with Gasteiger partial charge in [-0.25, -0.2) is 0 Å². The van der Waals surface area contributed by atoms with E-state index in [4.69, 9.17) is 15.6 Å². The van der Waals surface area contributed by atoms with E-state index in [1.165, 1.54) is 0 Å². The zero-order valence-corrected chi connectivity index (χ0v) is 10.2. The third kappa shape index (κ3) is 3.51. The highest BCUT2D eigenvalue weighted by molar-refractivity contribution is 5.37. The number of hydrogen-bond donors (Lipinski definition) is 2. The van der Waals surface area contributed by atoms with E-state index in [0.29, 0.717) is 6.42 Å². The summed E-state index contributed by atoms with van der Waals surface area (Å²) in [4.78, 5) is 0. The minimum absolute atomic E-state index is 0.100. The van der Waals surface area contributed by atoms with Crippen LogP contribution in [0.3, 0.4) is 0 Å².